The van der Waals surface area contributed by atoms with Gasteiger partial charge in [0.15, 0.2) is 0 Å². The summed E-state index contributed by atoms with van der Waals surface area (Å²) >= 11 is 0. The zero-order valence-corrected chi connectivity index (χ0v) is 12.9. The van der Waals surface area contributed by atoms with Crippen LogP contribution in [0.1, 0.15) is 30.5 Å². The number of carbonyl (C=O) groups is 1. The van der Waals surface area contributed by atoms with Crippen molar-refractivity contribution in [1.29, 1.82) is 0 Å². The van der Waals surface area contributed by atoms with Gasteiger partial charge in [-0.05, 0) is 43.0 Å². The fourth-order valence-corrected chi connectivity index (χ4v) is 2.32. The summed E-state index contributed by atoms with van der Waals surface area (Å²) in [6.07, 6.45) is 1.79. The summed E-state index contributed by atoms with van der Waals surface area (Å²) in [7, 11) is 0. The number of hydrogen-bond acceptors (Lipinski definition) is 1. The molecule has 0 aromatic heterocycles. The molecule has 2 N–H and O–H groups in total. The number of rotatable bonds is 4. The number of anilines is 2. The van der Waals surface area contributed by atoms with Crippen molar-refractivity contribution < 1.29 is 4.79 Å². The number of amides is 2. The van der Waals surface area contributed by atoms with Crippen LogP contribution in [0.2, 0.25) is 0 Å². The number of para-hydroxylation sites is 1. The van der Waals surface area contributed by atoms with E-state index in [1.165, 1.54) is 5.56 Å². The van der Waals surface area contributed by atoms with E-state index in [1.54, 1.807) is 0 Å². The second-order valence-corrected chi connectivity index (χ2v) is 5.10. The number of urea groups is 1. The second-order valence-electron chi connectivity index (χ2n) is 5.10. The molecule has 2 amide bonds. The SMILES string of the molecule is CCc1cccc(CC)c1NC(=O)Nc1ccc(C)cc1. The van der Waals surface area contributed by atoms with Gasteiger partial charge >= 0.3 is 6.03 Å². The average molecular weight is 282 g/mol. The minimum atomic E-state index is -0.200. The fourth-order valence-electron chi connectivity index (χ4n) is 2.32. The Morgan fingerprint density at radius 3 is 2.00 bits per heavy atom. The molecule has 2 aromatic carbocycles. The number of aryl methyl sites for hydroxylation is 3. The van der Waals surface area contributed by atoms with Crippen LogP contribution in [0.3, 0.4) is 0 Å². The highest BCUT2D eigenvalue weighted by molar-refractivity contribution is 6.00. The Morgan fingerprint density at radius 2 is 1.48 bits per heavy atom. The zero-order valence-electron chi connectivity index (χ0n) is 12.9. The predicted octanol–water partition coefficient (Wildman–Crippen LogP) is 4.76. The molecule has 0 atom stereocenters. The van der Waals surface area contributed by atoms with Crippen molar-refractivity contribution in [1.82, 2.24) is 0 Å². The molecule has 3 nitrogen and oxygen atoms in total. The molecule has 0 aliphatic heterocycles. The van der Waals surface area contributed by atoms with Gasteiger partial charge in [-0.2, -0.15) is 0 Å². The molecule has 0 heterocycles. The summed E-state index contributed by atoms with van der Waals surface area (Å²) in [5.41, 5.74) is 5.23. The van der Waals surface area contributed by atoms with Gasteiger partial charge in [0.25, 0.3) is 0 Å². The number of benzene rings is 2. The molecule has 2 rings (SSSR count). The molecule has 110 valence electrons. The van der Waals surface area contributed by atoms with Crippen LogP contribution in [0.15, 0.2) is 42.5 Å². The first-order chi connectivity index (χ1) is 10.1. The number of hydrogen-bond donors (Lipinski definition) is 2. The van der Waals surface area contributed by atoms with E-state index >= 15 is 0 Å². The van der Waals surface area contributed by atoms with Gasteiger partial charge in [0.2, 0.25) is 0 Å². The van der Waals surface area contributed by atoms with Gasteiger partial charge in [0, 0.05) is 11.4 Å². The summed E-state index contributed by atoms with van der Waals surface area (Å²) < 4.78 is 0. The van der Waals surface area contributed by atoms with Crippen molar-refractivity contribution in [3.05, 3.63) is 59.2 Å². The third-order valence-corrected chi connectivity index (χ3v) is 3.55. The third kappa shape index (κ3) is 3.85. The Morgan fingerprint density at radius 1 is 0.905 bits per heavy atom. The molecule has 0 fully saturated rings. The van der Waals surface area contributed by atoms with Crippen molar-refractivity contribution in [2.45, 2.75) is 33.6 Å². The lowest BCUT2D eigenvalue weighted by Gasteiger charge is -2.15. The lowest BCUT2D eigenvalue weighted by atomic mass is 10.0. The average Bonchev–Trinajstić information content (AvgIpc) is 2.49. The van der Waals surface area contributed by atoms with E-state index in [2.05, 4.69) is 36.6 Å². The number of nitrogens with one attached hydrogen (secondary N) is 2. The first-order valence-electron chi connectivity index (χ1n) is 7.39. The lowest BCUT2D eigenvalue weighted by molar-refractivity contribution is 0.262. The van der Waals surface area contributed by atoms with Gasteiger partial charge in [0.1, 0.15) is 0 Å². The summed E-state index contributed by atoms with van der Waals surface area (Å²) in [6, 6.07) is 13.7. The van der Waals surface area contributed by atoms with Crippen LogP contribution in [0.5, 0.6) is 0 Å². The zero-order chi connectivity index (χ0) is 15.2. The summed E-state index contributed by atoms with van der Waals surface area (Å²) in [6.45, 7) is 6.21. The molecular formula is C18H22N2O. The second kappa shape index (κ2) is 6.93. The summed E-state index contributed by atoms with van der Waals surface area (Å²) in [4.78, 5) is 12.2. The van der Waals surface area contributed by atoms with E-state index in [0.717, 1.165) is 35.3 Å². The topological polar surface area (TPSA) is 41.1 Å². The minimum absolute atomic E-state index is 0.200. The van der Waals surface area contributed by atoms with Crippen LogP contribution in [0.25, 0.3) is 0 Å². The van der Waals surface area contributed by atoms with Crippen molar-refractivity contribution in [2.75, 3.05) is 10.6 Å². The van der Waals surface area contributed by atoms with E-state index in [4.69, 9.17) is 0 Å². The Balaban J connectivity index is 2.14. The van der Waals surface area contributed by atoms with Gasteiger partial charge < -0.3 is 10.6 Å². The molecule has 2 aromatic rings. The van der Waals surface area contributed by atoms with Crippen molar-refractivity contribution in [3.63, 3.8) is 0 Å². The van der Waals surface area contributed by atoms with Gasteiger partial charge in [0.05, 0.1) is 0 Å². The van der Waals surface area contributed by atoms with Gasteiger partial charge in [-0.25, -0.2) is 4.79 Å². The highest BCUT2D eigenvalue weighted by Crippen LogP contribution is 2.22. The van der Waals surface area contributed by atoms with Crippen molar-refractivity contribution in [2.24, 2.45) is 0 Å². The van der Waals surface area contributed by atoms with Crippen LogP contribution in [0.4, 0.5) is 16.2 Å². The first-order valence-corrected chi connectivity index (χ1v) is 7.39. The molecule has 3 heteroatoms. The summed E-state index contributed by atoms with van der Waals surface area (Å²) in [5, 5.41) is 5.86. The van der Waals surface area contributed by atoms with Crippen LogP contribution in [-0.4, -0.2) is 6.03 Å². The third-order valence-electron chi connectivity index (χ3n) is 3.55. The van der Waals surface area contributed by atoms with E-state index in [0.29, 0.717) is 0 Å². The normalized spacial score (nSPS) is 10.2. The van der Waals surface area contributed by atoms with E-state index < -0.39 is 0 Å². The maximum absolute atomic E-state index is 12.2. The Hall–Kier alpha value is -2.29. The molecule has 0 aliphatic rings. The number of carbonyl (C=O) groups excluding carboxylic acids is 1. The smallest absolute Gasteiger partial charge is 0.308 e. The standard InChI is InChI=1S/C18H22N2O/c1-4-14-7-6-8-15(5-2)17(14)20-18(21)19-16-11-9-13(3)10-12-16/h6-12H,4-5H2,1-3H3,(H2,19,20,21). The van der Waals surface area contributed by atoms with E-state index in [-0.39, 0.29) is 6.03 Å². The summed E-state index contributed by atoms with van der Waals surface area (Å²) in [5.74, 6) is 0. The van der Waals surface area contributed by atoms with Gasteiger partial charge in [-0.1, -0.05) is 49.7 Å². The molecule has 0 spiro atoms. The first kappa shape index (κ1) is 15.1. The van der Waals surface area contributed by atoms with Crippen LogP contribution in [0, 0.1) is 6.92 Å². The molecule has 0 aliphatic carbocycles. The highest BCUT2D eigenvalue weighted by Gasteiger charge is 2.09. The van der Waals surface area contributed by atoms with Crippen molar-refractivity contribution >= 4 is 17.4 Å². The van der Waals surface area contributed by atoms with Crippen molar-refractivity contribution in [3.8, 4) is 0 Å². The van der Waals surface area contributed by atoms with E-state index in [9.17, 15) is 4.79 Å². The molecule has 0 saturated heterocycles. The quantitative estimate of drug-likeness (QED) is 0.833. The minimum Gasteiger partial charge on any atom is -0.308 e. The monoisotopic (exact) mass is 282 g/mol. The molecule has 0 saturated carbocycles. The Labute approximate surface area is 126 Å². The molecule has 0 bridgehead atoms. The van der Waals surface area contributed by atoms with Crippen LogP contribution < -0.4 is 10.6 Å². The molecular weight excluding hydrogens is 260 g/mol. The maximum Gasteiger partial charge on any atom is 0.323 e. The Bertz CT molecular complexity index is 595. The fraction of sp³-hybridized carbons (Fsp3) is 0.278. The van der Waals surface area contributed by atoms with Crippen LogP contribution in [-0.2, 0) is 12.8 Å². The van der Waals surface area contributed by atoms with Gasteiger partial charge in [-0.3, -0.25) is 0 Å². The molecule has 21 heavy (non-hydrogen) atoms. The highest BCUT2D eigenvalue weighted by atomic mass is 16.2. The van der Waals surface area contributed by atoms with Gasteiger partial charge in [-0.15, -0.1) is 0 Å². The molecule has 0 radical (unpaired) electrons. The van der Waals surface area contributed by atoms with E-state index in [1.807, 2.05) is 37.3 Å². The largest absolute Gasteiger partial charge is 0.323 e. The lowest BCUT2D eigenvalue weighted by Crippen LogP contribution is -2.21. The maximum atomic E-state index is 12.2. The molecule has 0 unspecified atom stereocenters. The van der Waals surface area contributed by atoms with Crippen LogP contribution >= 0.6 is 0 Å². The predicted molar refractivity (Wildman–Crippen MR) is 89.0 cm³/mol. The Kier molecular flexibility index (Phi) is 4.99.